The van der Waals surface area contributed by atoms with Crippen LogP contribution in [0, 0.1) is 6.92 Å². The first kappa shape index (κ1) is 17.4. The van der Waals surface area contributed by atoms with Gasteiger partial charge < -0.3 is 4.42 Å². The zero-order valence-electron chi connectivity index (χ0n) is 14.2. The Morgan fingerprint density at radius 1 is 1.04 bits per heavy atom. The molecule has 1 aromatic heterocycles. The van der Waals surface area contributed by atoms with Gasteiger partial charge in [0.05, 0.1) is 11.1 Å². The second-order valence-electron chi connectivity index (χ2n) is 5.68. The number of nitrogens with zero attached hydrogens (tertiary/aromatic N) is 2. The van der Waals surface area contributed by atoms with Gasteiger partial charge in [0, 0.05) is 25.6 Å². The van der Waals surface area contributed by atoms with E-state index in [2.05, 4.69) is 4.98 Å². The first-order valence-corrected chi connectivity index (χ1v) is 9.51. The van der Waals surface area contributed by atoms with Gasteiger partial charge in [-0.2, -0.15) is 4.31 Å². The molecule has 3 rings (SSSR count). The van der Waals surface area contributed by atoms with E-state index < -0.39 is 10.0 Å². The summed E-state index contributed by atoms with van der Waals surface area (Å²) in [6, 6.07) is 16.3. The number of hydrogen-bond donors (Lipinski definition) is 0. The predicted octanol–water partition coefficient (Wildman–Crippen LogP) is 3.86. The van der Waals surface area contributed by atoms with E-state index in [4.69, 9.17) is 4.42 Å². The van der Waals surface area contributed by atoms with Gasteiger partial charge in [0.15, 0.2) is 11.7 Å². The van der Waals surface area contributed by atoms with Crippen LogP contribution in [-0.2, 0) is 16.6 Å². The molecule has 0 saturated heterocycles. The van der Waals surface area contributed by atoms with Gasteiger partial charge in [-0.25, -0.2) is 13.4 Å². The van der Waals surface area contributed by atoms with E-state index >= 15 is 0 Å². The average Bonchev–Trinajstić information content (AvgIpc) is 3.07. The van der Waals surface area contributed by atoms with Gasteiger partial charge in [0.1, 0.15) is 0 Å². The lowest BCUT2D eigenvalue weighted by Gasteiger charge is -2.20. The number of aromatic nitrogens is 1. The number of hydrogen-bond acceptors (Lipinski definition) is 4. The van der Waals surface area contributed by atoms with Crippen molar-refractivity contribution >= 4 is 10.0 Å². The lowest BCUT2D eigenvalue weighted by atomic mass is 10.2. The van der Waals surface area contributed by atoms with Crippen molar-refractivity contribution < 1.29 is 12.8 Å². The Bertz CT molecular complexity index is 932. The van der Waals surface area contributed by atoms with Crippen LogP contribution in [0.2, 0.25) is 0 Å². The second kappa shape index (κ2) is 7.21. The summed E-state index contributed by atoms with van der Waals surface area (Å²) in [6.07, 6.45) is 1.63. The van der Waals surface area contributed by atoms with Crippen LogP contribution in [0.25, 0.3) is 11.3 Å². The Morgan fingerprint density at radius 2 is 1.72 bits per heavy atom. The maximum Gasteiger partial charge on any atom is 0.243 e. The van der Waals surface area contributed by atoms with E-state index in [1.54, 1.807) is 37.4 Å². The van der Waals surface area contributed by atoms with Gasteiger partial charge in [0.2, 0.25) is 10.0 Å². The number of rotatable bonds is 6. The summed E-state index contributed by atoms with van der Waals surface area (Å²) < 4.78 is 32.8. The zero-order chi connectivity index (χ0) is 17.9. The van der Waals surface area contributed by atoms with E-state index in [0.29, 0.717) is 24.7 Å². The Balaban J connectivity index is 1.85. The van der Waals surface area contributed by atoms with E-state index in [1.807, 2.05) is 37.3 Å². The minimum absolute atomic E-state index is 0.269. The van der Waals surface area contributed by atoms with Gasteiger partial charge in [-0.05, 0) is 29.8 Å². The molecule has 1 heterocycles. The smallest absolute Gasteiger partial charge is 0.243 e. The molecule has 0 aliphatic heterocycles. The van der Waals surface area contributed by atoms with Gasteiger partial charge in [-0.1, -0.05) is 37.3 Å². The van der Waals surface area contributed by atoms with Gasteiger partial charge in [-0.15, -0.1) is 0 Å². The highest BCUT2D eigenvalue weighted by atomic mass is 32.2. The Morgan fingerprint density at radius 3 is 2.28 bits per heavy atom. The van der Waals surface area contributed by atoms with Crippen molar-refractivity contribution in [2.45, 2.75) is 25.3 Å². The molecular weight excluding hydrogens is 336 g/mol. The lowest BCUT2D eigenvalue weighted by Crippen LogP contribution is -2.30. The van der Waals surface area contributed by atoms with E-state index in [9.17, 15) is 8.42 Å². The highest BCUT2D eigenvalue weighted by Gasteiger charge is 2.23. The average molecular weight is 356 g/mol. The Kier molecular flexibility index (Phi) is 5.01. The van der Waals surface area contributed by atoms with Crippen molar-refractivity contribution in [1.82, 2.24) is 9.29 Å². The molecule has 0 amide bonds. The molecule has 0 atom stereocenters. The van der Waals surface area contributed by atoms with Crippen molar-refractivity contribution in [3.63, 3.8) is 0 Å². The zero-order valence-corrected chi connectivity index (χ0v) is 15.0. The van der Waals surface area contributed by atoms with Crippen LogP contribution in [0.4, 0.5) is 0 Å². The molecule has 0 aliphatic rings. The molecule has 130 valence electrons. The molecule has 0 spiro atoms. The summed E-state index contributed by atoms with van der Waals surface area (Å²) in [5.41, 5.74) is 1.76. The van der Waals surface area contributed by atoms with Gasteiger partial charge >= 0.3 is 0 Å². The third-order valence-corrected chi connectivity index (χ3v) is 5.89. The number of sulfonamides is 1. The molecule has 0 bridgehead atoms. The normalized spacial score (nSPS) is 11.8. The minimum atomic E-state index is -3.56. The molecule has 0 saturated carbocycles. The summed E-state index contributed by atoms with van der Waals surface area (Å²) in [5, 5.41) is 0. The van der Waals surface area contributed by atoms with Gasteiger partial charge in [-0.3, -0.25) is 0 Å². The van der Waals surface area contributed by atoms with E-state index in [0.717, 1.165) is 11.1 Å². The van der Waals surface area contributed by atoms with Crippen molar-refractivity contribution in [3.8, 4) is 11.3 Å². The van der Waals surface area contributed by atoms with E-state index in [-0.39, 0.29) is 4.90 Å². The molecule has 0 N–H and O–H groups in total. The van der Waals surface area contributed by atoms with Crippen LogP contribution in [0.1, 0.15) is 18.4 Å². The summed E-state index contributed by atoms with van der Waals surface area (Å²) in [6.45, 7) is 4.36. The highest BCUT2D eigenvalue weighted by Crippen LogP contribution is 2.24. The lowest BCUT2D eigenvalue weighted by molar-refractivity contribution is 0.423. The fourth-order valence-corrected chi connectivity index (χ4v) is 4.03. The molecule has 25 heavy (non-hydrogen) atoms. The summed E-state index contributed by atoms with van der Waals surface area (Å²) >= 11 is 0. The summed E-state index contributed by atoms with van der Waals surface area (Å²) in [4.78, 5) is 4.33. The predicted molar refractivity (Wildman–Crippen MR) is 96.4 cm³/mol. The quantitative estimate of drug-likeness (QED) is 0.673. The molecule has 2 aromatic carbocycles. The monoisotopic (exact) mass is 356 g/mol. The number of oxazole rings is 1. The van der Waals surface area contributed by atoms with Crippen LogP contribution in [-0.4, -0.2) is 24.3 Å². The van der Waals surface area contributed by atoms with Crippen LogP contribution < -0.4 is 0 Å². The molecule has 0 aliphatic carbocycles. The molecule has 3 aromatic rings. The van der Waals surface area contributed by atoms with Crippen LogP contribution in [0.15, 0.2) is 70.1 Å². The van der Waals surface area contributed by atoms with Crippen LogP contribution >= 0.6 is 0 Å². The topological polar surface area (TPSA) is 63.4 Å². The second-order valence-corrected chi connectivity index (χ2v) is 7.62. The molecule has 0 fully saturated rings. The molecule has 6 heteroatoms. The Hall–Kier alpha value is -2.44. The van der Waals surface area contributed by atoms with Gasteiger partial charge in [0.25, 0.3) is 0 Å². The largest absolute Gasteiger partial charge is 0.441 e. The molecule has 0 unspecified atom stereocenters. The van der Waals surface area contributed by atoms with E-state index in [1.165, 1.54) is 4.31 Å². The Labute approximate surface area is 148 Å². The summed E-state index contributed by atoms with van der Waals surface area (Å²) in [7, 11) is -3.56. The van der Waals surface area contributed by atoms with Crippen molar-refractivity contribution in [2.24, 2.45) is 0 Å². The summed E-state index contributed by atoms with van der Waals surface area (Å²) in [5.74, 6) is 1.20. The molecule has 0 radical (unpaired) electrons. The maximum absolute atomic E-state index is 12.9. The van der Waals surface area contributed by atoms with Crippen molar-refractivity contribution in [3.05, 3.63) is 72.2 Å². The third kappa shape index (κ3) is 3.81. The SMILES string of the molecule is CCN(Cc1ccccc1)S(=O)(=O)c1ccc(-c2cnc(C)o2)cc1. The van der Waals surface area contributed by atoms with Crippen LogP contribution in [0.3, 0.4) is 0 Å². The fraction of sp³-hybridized carbons (Fsp3) is 0.211. The number of aryl methyl sites for hydroxylation is 1. The minimum Gasteiger partial charge on any atom is -0.441 e. The van der Waals surface area contributed by atoms with Crippen LogP contribution in [0.5, 0.6) is 0 Å². The maximum atomic E-state index is 12.9. The molecular formula is C19H20N2O3S. The van der Waals surface area contributed by atoms with Crippen molar-refractivity contribution in [2.75, 3.05) is 6.54 Å². The highest BCUT2D eigenvalue weighted by molar-refractivity contribution is 7.89. The third-order valence-electron chi connectivity index (χ3n) is 3.95. The first-order chi connectivity index (χ1) is 12.0. The van der Waals surface area contributed by atoms with Crippen molar-refractivity contribution in [1.29, 1.82) is 0 Å². The number of benzene rings is 2. The fourth-order valence-electron chi connectivity index (χ4n) is 2.59. The first-order valence-electron chi connectivity index (χ1n) is 8.07. The standard InChI is InChI=1S/C19H20N2O3S/c1-3-21(14-16-7-5-4-6-8-16)25(22,23)18-11-9-17(10-12-18)19-13-20-15(2)24-19/h4-13H,3,14H2,1-2H3. The molecule has 5 nitrogen and oxygen atoms in total.